The molecule has 1 heterocycles. The maximum atomic E-state index is 6.83. The first-order valence-electron chi connectivity index (χ1n) is 8.41. The molecule has 4 aliphatic rings. The van der Waals surface area contributed by atoms with Gasteiger partial charge in [-0.25, -0.2) is 0 Å². The standard InChI is InChI=1S/C17H26ClN3/c1-3-21-14(13(18)9-20-21)15(19)17-7-11-4-12(8-17)6-16(2,5-11)10-17/h9,11-12,15H,3-8,10,19H2,1-2H3. The van der Waals surface area contributed by atoms with Crippen molar-refractivity contribution in [3.05, 3.63) is 16.9 Å². The lowest BCUT2D eigenvalue weighted by Gasteiger charge is -2.63. The van der Waals surface area contributed by atoms with E-state index < -0.39 is 0 Å². The summed E-state index contributed by atoms with van der Waals surface area (Å²) in [6.45, 7) is 5.45. The van der Waals surface area contributed by atoms with E-state index >= 15 is 0 Å². The minimum atomic E-state index is 0.0395. The Hall–Kier alpha value is -0.540. The van der Waals surface area contributed by atoms with Crippen LogP contribution in [-0.2, 0) is 6.54 Å². The fourth-order valence-corrected chi connectivity index (χ4v) is 6.64. The molecule has 3 nitrogen and oxygen atoms in total. The Morgan fingerprint density at radius 2 is 2.05 bits per heavy atom. The van der Waals surface area contributed by atoms with Gasteiger partial charge >= 0.3 is 0 Å². The molecular formula is C17H26ClN3. The number of rotatable bonds is 3. The normalized spacial score (nSPS) is 42.5. The molecule has 0 aromatic carbocycles. The quantitative estimate of drug-likeness (QED) is 0.911. The predicted octanol–water partition coefficient (Wildman–Crippen LogP) is 4.16. The number of aryl methyl sites for hydroxylation is 1. The predicted molar refractivity (Wildman–Crippen MR) is 85.1 cm³/mol. The van der Waals surface area contributed by atoms with Crippen molar-refractivity contribution in [1.29, 1.82) is 0 Å². The second-order valence-electron chi connectivity index (χ2n) is 8.31. The molecule has 3 atom stereocenters. The van der Waals surface area contributed by atoms with Gasteiger partial charge in [0, 0.05) is 6.54 Å². The Bertz CT molecular complexity index is 550. The van der Waals surface area contributed by atoms with Crippen molar-refractivity contribution < 1.29 is 0 Å². The highest BCUT2D eigenvalue weighted by atomic mass is 35.5. The summed E-state index contributed by atoms with van der Waals surface area (Å²) in [6, 6.07) is 0.0395. The Morgan fingerprint density at radius 1 is 1.38 bits per heavy atom. The van der Waals surface area contributed by atoms with Crippen LogP contribution < -0.4 is 5.73 Å². The molecule has 4 aliphatic carbocycles. The fourth-order valence-electron chi connectivity index (χ4n) is 6.39. The number of nitrogens with two attached hydrogens (primary N) is 1. The van der Waals surface area contributed by atoms with E-state index in [0.29, 0.717) is 5.41 Å². The third-order valence-corrected chi connectivity index (χ3v) is 6.78. The van der Waals surface area contributed by atoms with E-state index in [9.17, 15) is 0 Å². The zero-order valence-electron chi connectivity index (χ0n) is 13.1. The van der Waals surface area contributed by atoms with Crippen molar-refractivity contribution in [2.24, 2.45) is 28.4 Å². The first-order valence-corrected chi connectivity index (χ1v) is 8.79. The summed E-state index contributed by atoms with van der Waals surface area (Å²) in [6.07, 6.45) is 9.90. The molecular weight excluding hydrogens is 282 g/mol. The third-order valence-electron chi connectivity index (χ3n) is 6.49. The Labute approximate surface area is 132 Å². The molecule has 0 radical (unpaired) electrons. The van der Waals surface area contributed by atoms with Crippen LogP contribution in [0.25, 0.3) is 0 Å². The molecule has 2 N–H and O–H groups in total. The van der Waals surface area contributed by atoms with Gasteiger partial charge in [0.05, 0.1) is 23.0 Å². The van der Waals surface area contributed by atoms with E-state index in [2.05, 4.69) is 18.9 Å². The average Bonchev–Trinajstić information content (AvgIpc) is 2.76. The monoisotopic (exact) mass is 307 g/mol. The maximum Gasteiger partial charge on any atom is 0.0834 e. The first-order chi connectivity index (χ1) is 9.95. The molecule has 0 saturated heterocycles. The van der Waals surface area contributed by atoms with Gasteiger partial charge in [0.25, 0.3) is 0 Å². The number of halogens is 1. The van der Waals surface area contributed by atoms with Gasteiger partial charge in [-0.3, -0.25) is 4.68 Å². The molecule has 4 saturated carbocycles. The number of hydrogen-bond donors (Lipinski definition) is 1. The minimum Gasteiger partial charge on any atom is -0.322 e. The van der Waals surface area contributed by atoms with Gasteiger partial charge in [0.2, 0.25) is 0 Å². The smallest absolute Gasteiger partial charge is 0.0834 e. The molecule has 0 spiro atoms. The molecule has 116 valence electrons. The van der Waals surface area contributed by atoms with Crippen molar-refractivity contribution in [3.63, 3.8) is 0 Å². The molecule has 0 amide bonds. The van der Waals surface area contributed by atoms with Crippen molar-refractivity contribution in [1.82, 2.24) is 9.78 Å². The summed E-state index contributed by atoms with van der Waals surface area (Å²) in [4.78, 5) is 0. The summed E-state index contributed by atoms with van der Waals surface area (Å²) in [5, 5.41) is 5.16. The van der Waals surface area contributed by atoms with Gasteiger partial charge in [-0.1, -0.05) is 18.5 Å². The van der Waals surface area contributed by atoms with Crippen molar-refractivity contribution in [2.45, 2.75) is 65.0 Å². The van der Waals surface area contributed by atoms with E-state index in [4.69, 9.17) is 17.3 Å². The van der Waals surface area contributed by atoms with E-state index in [0.717, 1.165) is 29.1 Å². The summed E-state index contributed by atoms with van der Waals surface area (Å²) < 4.78 is 2.01. The van der Waals surface area contributed by atoms with Crippen LogP contribution in [0.4, 0.5) is 0 Å². The minimum absolute atomic E-state index is 0.0395. The topological polar surface area (TPSA) is 43.8 Å². The van der Waals surface area contributed by atoms with Gasteiger partial charge < -0.3 is 5.73 Å². The van der Waals surface area contributed by atoms with E-state index in [1.54, 1.807) is 6.20 Å². The summed E-state index contributed by atoms with van der Waals surface area (Å²) >= 11 is 6.43. The highest BCUT2D eigenvalue weighted by molar-refractivity contribution is 6.31. The first kappa shape index (κ1) is 14.1. The number of hydrogen-bond acceptors (Lipinski definition) is 2. The van der Waals surface area contributed by atoms with Gasteiger partial charge in [-0.05, 0) is 68.1 Å². The molecule has 3 unspecified atom stereocenters. The summed E-state index contributed by atoms with van der Waals surface area (Å²) in [7, 11) is 0. The Morgan fingerprint density at radius 3 is 2.62 bits per heavy atom. The maximum absolute atomic E-state index is 6.83. The zero-order chi connectivity index (χ0) is 14.8. The molecule has 1 aromatic rings. The Balaban J connectivity index is 1.73. The molecule has 4 bridgehead atoms. The molecule has 21 heavy (non-hydrogen) atoms. The highest BCUT2D eigenvalue weighted by Crippen LogP contribution is 2.68. The number of aromatic nitrogens is 2. The lowest BCUT2D eigenvalue weighted by molar-refractivity contribution is -0.114. The molecule has 4 fully saturated rings. The van der Waals surface area contributed by atoms with Gasteiger partial charge in [-0.2, -0.15) is 5.10 Å². The Kier molecular flexibility index (Phi) is 3.01. The van der Waals surface area contributed by atoms with E-state index in [-0.39, 0.29) is 11.5 Å². The average molecular weight is 308 g/mol. The fraction of sp³-hybridized carbons (Fsp3) is 0.824. The third kappa shape index (κ3) is 2.00. The molecule has 5 rings (SSSR count). The van der Waals surface area contributed by atoms with Crippen LogP contribution in [0.5, 0.6) is 0 Å². The van der Waals surface area contributed by atoms with Crippen LogP contribution in [0.2, 0.25) is 5.02 Å². The van der Waals surface area contributed by atoms with E-state index in [1.165, 1.54) is 38.5 Å². The zero-order valence-corrected chi connectivity index (χ0v) is 13.9. The lowest BCUT2D eigenvalue weighted by Crippen LogP contribution is -2.54. The molecule has 0 aliphatic heterocycles. The molecule has 4 heteroatoms. The lowest BCUT2D eigenvalue weighted by atomic mass is 9.43. The van der Waals surface area contributed by atoms with Crippen LogP contribution >= 0.6 is 11.6 Å². The van der Waals surface area contributed by atoms with E-state index in [1.807, 2.05) is 4.68 Å². The number of nitrogens with zero attached hydrogens (tertiary/aromatic N) is 2. The second-order valence-corrected chi connectivity index (χ2v) is 8.71. The van der Waals surface area contributed by atoms with Gasteiger partial charge in [0.1, 0.15) is 0 Å². The van der Waals surface area contributed by atoms with Gasteiger partial charge in [0.15, 0.2) is 0 Å². The second kappa shape index (κ2) is 4.48. The largest absolute Gasteiger partial charge is 0.322 e. The van der Waals surface area contributed by atoms with Crippen LogP contribution in [0.3, 0.4) is 0 Å². The summed E-state index contributed by atoms with van der Waals surface area (Å²) in [5.74, 6) is 1.78. The van der Waals surface area contributed by atoms with Crippen LogP contribution in [0, 0.1) is 22.7 Å². The van der Waals surface area contributed by atoms with Crippen molar-refractivity contribution in [3.8, 4) is 0 Å². The SMILES string of the molecule is CCn1ncc(Cl)c1C(N)C12CC3CC(CC(C)(C3)C1)C2. The molecule has 1 aromatic heterocycles. The van der Waals surface area contributed by atoms with Crippen molar-refractivity contribution >= 4 is 11.6 Å². The highest BCUT2D eigenvalue weighted by Gasteiger charge is 2.58. The summed E-state index contributed by atoms with van der Waals surface area (Å²) in [5.41, 5.74) is 8.68. The van der Waals surface area contributed by atoms with Gasteiger partial charge in [-0.15, -0.1) is 0 Å². The van der Waals surface area contributed by atoms with Crippen LogP contribution in [0.15, 0.2) is 6.20 Å². The van der Waals surface area contributed by atoms with Crippen molar-refractivity contribution in [2.75, 3.05) is 0 Å². The van der Waals surface area contributed by atoms with Crippen LogP contribution in [-0.4, -0.2) is 9.78 Å². The van der Waals surface area contributed by atoms with Crippen LogP contribution in [0.1, 0.15) is 64.1 Å².